The van der Waals surface area contributed by atoms with Crippen LogP contribution in [0.1, 0.15) is 0 Å². The Hall–Kier alpha value is -3.42. The smallest absolute Gasteiger partial charge is 0.305 e. The maximum absolute atomic E-state index is 13.6. The predicted octanol–water partition coefficient (Wildman–Crippen LogP) is 3.13. The van der Waals surface area contributed by atoms with Gasteiger partial charge in [-0.05, 0) is 18.2 Å². The number of rotatable bonds is 8. The summed E-state index contributed by atoms with van der Waals surface area (Å²) < 4.78 is 44.1. The van der Waals surface area contributed by atoms with Crippen molar-refractivity contribution in [3.05, 3.63) is 63.8 Å². The monoisotopic (exact) mass is 480 g/mol. The summed E-state index contributed by atoms with van der Waals surface area (Å²) in [5, 5.41) is 15.1. The van der Waals surface area contributed by atoms with Gasteiger partial charge >= 0.3 is 5.69 Å². The molecule has 0 saturated carbocycles. The Bertz CT molecular complexity index is 1260. The fraction of sp³-hybridized carbons (Fsp3) is 0.158. The van der Waals surface area contributed by atoms with E-state index in [0.29, 0.717) is 11.3 Å². The summed E-state index contributed by atoms with van der Waals surface area (Å²) in [4.78, 5) is 26.3. The van der Waals surface area contributed by atoms with Crippen LogP contribution in [-0.2, 0) is 14.8 Å². The van der Waals surface area contributed by atoms with E-state index in [9.17, 15) is 27.7 Å². The molecule has 0 radical (unpaired) electrons. The van der Waals surface area contributed by atoms with E-state index in [4.69, 9.17) is 4.74 Å². The summed E-state index contributed by atoms with van der Waals surface area (Å²) in [5.41, 5.74) is 0.513. The zero-order chi connectivity index (χ0) is 23.5. The third kappa shape index (κ3) is 5.25. The van der Waals surface area contributed by atoms with Crippen molar-refractivity contribution in [2.24, 2.45) is 0 Å². The number of nitrogens with zero attached hydrogens (tertiary/aromatic N) is 3. The Balaban J connectivity index is 1.61. The van der Waals surface area contributed by atoms with Gasteiger partial charge < -0.3 is 4.74 Å². The molecule has 1 amide bonds. The van der Waals surface area contributed by atoms with Crippen LogP contribution < -0.4 is 10.1 Å². The number of amides is 1. The molecule has 32 heavy (non-hydrogen) atoms. The first-order valence-electron chi connectivity index (χ1n) is 8.93. The molecule has 1 aromatic heterocycles. The lowest BCUT2D eigenvalue weighted by Crippen LogP contribution is -2.22. The van der Waals surface area contributed by atoms with Gasteiger partial charge in [0, 0.05) is 37.2 Å². The third-order valence-electron chi connectivity index (χ3n) is 4.16. The van der Waals surface area contributed by atoms with Crippen LogP contribution in [0.5, 0.6) is 5.75 Å². The topological polar surface area (TPSA) is 132 Å². The van der Waals surface area contributed by atoms with E-state index in [1.165, 1.54) is 32.3 Å². The molecule has 0 aliphatic heterocycles. The van der Waals surface area contributed by atoms with Crippen LogP contribution in [0.25, 0.3) is 11.3 Å². The second kappa shape index (κ2) is 9.38. The quantitative estimate of drug-likeness (QED) is 0.387. The van der Waals surface area contributed by atoms with Gasteiger partial charge in [-0.3, -0.25) is 20.2 Å². The van der Waals surface area contributed by atoms with Gasteiger partial charge in [-0.15, -0.1) is 11.3 Å². The highest BCUT2D eigenvalue weighted by Gasteiger charge is 2.18. The van der Waals surface area contributed by atoms with Gasteiger partial charge in [-0.1, -0.05) is 12.1 Å². The fourth-order valence-corrected chi connectivity index (χ4v) is 4.14. The van der Waals surface area contributed by atoms with E-state index in [2.05, 4.69) is 10.3 Å². The summed E-state index contributed by atoms with van der Waals surface area (Å²) >= 11 is 1.16. The Morgan fingerprint density at radius 1 is 1.25 bits per heavy atom. The summed E-state index contributed by atoms with van der Waals surface area (Å²) in [6.45, 7) is -0.455. The van der Waals surface area contributed by atoms with Crippen LogP contribution in [0, 0.1) is 15.9 Å². The molecule has 0 aliphatic rings. The van der Waals surface area contributed by atoms with Crippen LogP contribution in [0.2, 0.25) is 0 Å². The number of nitro groups is 1. The van der Waals surface area contributed by atoms with E-state index in [1.807, 2.05) is 0 Å². The van der Waals surface area contributed by atoms with Gasteiger partial charge in [-0.2, -0.15) is 4.39 Å². The minimum absolute atomic E-state index is 0.0316. The van der Waals surface area contributed by atoms with Gasteiger partial charge in [-0.25, -0.2) is 17.7 Å². The molecule has 13 heteroatoms. The summed E-state index contributed by atoms with van der Waals surface area (Å²) in [6.07, 6.45) is 0. The van der Waals surface area contributed by atoms with E-state index in [-0.39, 0.29) is 15.8 Å². The third-order valence-corrected chi connectivity index (χ3v) is 6.75. The van der Waals surface area contributed by atoms with Crippen molar-refractivity contribution in [1.29, 1.82) is 0 Å². The summed E-state index contributed by atoms with van der Waals surface area (Å²) in [7, 11) is -0.648. The average Bonchev–Trinajstić information content (AvgIpc) is 3.20. The maximum atomic E-state index is 13.6. The standard InChI is InChI=1S/C19H17FN4O6S2/c1-23(2)32(28,29)14-6-3-12(4-7-14)16-11-31-19(21-16)22-18(25)10-30-13-5-8-17(24(26)27)15(20)9-13/h3-9,11H,10H2,1-2H3,(H,21,22,25). The van der Waals surface area contributed by atoms with E-state index in [0.717, 1.165) is 27.8 Å². The Morgan fingerprint density at radius 3 is 2.53 bits per heavy atom. The summed E-state index contributed by atoms with van der Waals surface area (Å²) in [6, 6.07) is 9.14. The molecule has 10 nitrogen and oxygen atoms in total. The molecular formula is C19H17FN4O6S2. The number of carbonyl (C=O) groups excluding carboxylic acids is 1. The van der Waals surface area contributed by atoms with Crippen LogP contribution in [0.3, 0.4) is 0 Å². The number of hydrogen-bond acceptors (Lipinski definition) is 8. The second-order valence-corrected chi connectivity index (χ2v) is 9.57. The number of carbonyl (C=O) groups is 1. The summed E-state index contributed by atoms with van der Waals surface area (Å²) in [5.74, 6) is -1.66. The van der Waals surface area contributed by atoms with Crippen molar-refractivity contribution < 1.29 is 27.3 Å². The first kappa shape index (κ1) is 23.2. The molecule has 0 spiro atoms. The molecule has 3 rings (SSSR count). The molecule has 0 bridgehead atoms. The van der Waals surface area contributed by atoms with Crippen LogP contribution in [-0.4, -0.2) is 49.2 Å². The fourth-order valence-electron chi connectivity index (χ4n) is 2.50. The number of ether oxygens (including phenoxy) is 1. The van der Waals surface area contributed by atoms with Gasteiger partial charge in [0.25, 0.3) is 5.91 Å². The van der Waals surface area contributed by atoms with Crippen molar-refractivity contribution >= 4 is 38.1 Å². The molecule has 0 fully saturated rings. The second-order valence-electron chi connectivity index (χ2n) is 6.56. The van der Waals surface area contributed by atoms with E-state index in [1.54, 1.807) is 17.5 Å². The Kier molecular flexibility index (Phi) is 6.81. The molecular weight excluding hydrogens is 463 g/mol. The van der Waals surface area contributed by atoms with Crippen LogP contribution >= 0.6 is 11.3 Å². The van der Waals surface area contributed by atoms with Gasteiger partial charge in [0.1, 0.15) is 5.75 Å². The number of thiazole rings is 1. The largest absolute Gasteiger partial charge is 0.484 e. The van der Waals surface area contributed by atoms with Crippen molar-refractivity contribution in [1.82, 2.24) is 9.29 Å². The molecule has 1 heterocycles. The highest BCUT2D eigenvalue weighted by molar-refractivity contribution is 7.89. The predicted molar refractivity (Wildman–Crippen MR) is 116 cm³/mol. The van der Waals surface area contributed by atoms with Gasteiger partial charge in [0.2, 0.25) is 15.8 Å². The number of halogens is 1. The van der Waals surface area contributed by atoms with Gasteiger partial charge in [0.15, 0.2) is 11.7 Å². The van der Waals surface area contributed by atoms with E-state index < -0.39 is 39.0 Å². The molecule has 2 aromatic carbocycles. The highest BCUT2D eigenvalue weighted by Crippen LogP contribution is 2.27. The lowest BCUT2D eigenvalue weighted by atomic mass is 10.2. The number of aromatic nitrogens is 1. The molecule has 3 aromatic rings. The van der Waals surface area contributed by atoms with Gasteiger partial charge in [0.05, 0.1) is 15.5 Å². The molecule has 168 valence electrons. The molecule has 0 saturated heterocycles. The normalized spacial score (nSPS) is 11.4. The number of nitrogens with one attached hydrogen (secondary N) is 1. The lowest BCUT2D eigenvalue weighted by Gasteiger charge is -2.11. The number of benzene rings is 2. The average molecular weight is 480 g/mol. The number of sulfonamides is 1. The first-order chi connectivity index (χ1) is 15.1. The number of nitro benzene ring substituents is 1. The first-order valence-corrected chi connectivity index (χ1v) is 11.2. The van der Waals surface area contributed by atoms with Crippen molar-refractivity contribution in [2.75, 3.05) is 26.0 Å². The van der Waals surface area contributed by atoms with Crippen LogP contribution in [0.4, 0.5) is 15.2 Å². The Morgan fingerprint density at radius 2 is 1.94 bits per heavy atom. The zero-order valence-electron chi connectivity index (χ0n) is 16.8. The minimum atomic E-state index is -3.54. The van der Waals surface area contributed by atoms with Crippen LogP contribution in [0.15, 0.2) is 52.7 Å². The Labute approximate surface area is 186 Å². The SMILES string of the molecule is CN(C)S(=O)(=O)c1ccc(-c2csc(NC(=O)COc3ccc([N+](=O)[O-])c(F)c3)n2)cc1. The number of hydrogen-bond donors (Lipinski definition) is 1. The molecule has 0 atom stereocenters. The highest BCUT2D eigenvalue weighted by atomic mass is 32.2. The van der Waals surface area contributed by atoms with Crippen molar-refractivity contribution in [3.63, 3.8) is 0 Å². The zero-order valence-corrected chi connectivity index (χ0v) is 18.4. The van der Waals surface area contributed by atoms with Crippen molar-refractivity contribution in [2.45, 2.75) is 4.90 Å². The molecule has 0 aliphatic carbocycles. The minimum Gasteiger partial charge on any atom is -0.484 e. The lowest BCUT2D eigenvalue weighted by molar-refractivity contribution is -0.387. The molecule has 0 unspecified atom stereocenters. The van der Waals surface area contributed by atoms with Crippen molar-refractivity contribution in [3.8, 4) is 17.0 Å². The van der Waals surface area contributed by atoms with E-state index >= 15 is 0 Å². The number of anilines is 1. The molecule has 1 N–H and O–H groups in total. The maximum Gasteiger partial charge on any atom is 0.305 e.